The molecule has 0 aliphatic carbocycles. The van der Waals surface area contributed by atoms with Crippen LogP contribution in [0.5, 0.6) is 0 Å². The molecule has 0 spiro atoms. The van der Waals surface area contributed by atoms with Gasteiger partial charge in [-0.15, -0.1) is 15.3 Å². The number of ether oxygens (including phenoxy) is 1. The van der Waals surface area contributed by atoms with Crippen LogP contribution in [0.25, 0.3) is 17.1 Å². The van der Waals surface area contributed by atoms with Crippen LogP contribution in [0, 0.1) is 0 Å². The number of hydrogen-bond donors (Lipinski definition) is 0. The molecule has 4 aromatic rings. The number of rotatable bonds is 6. The molecule has 2 aromatic heterocycles. The van der Waals surface area contributed by atoms with E-state index in [1.807, 2.05) is 65.2 Å². The molecular formula is C23H19N5O3S. The Balaban J connectivity index is 1.42. The quantitative estimate of drug-likeness (QED) is 0.406. The second-order valence-corrected chi connectivity index (χ2v) is 7.92. The zero-order valence-corrected chi connectivity index (χ0v) is 18.0. The van der Waals surface area contributed by atoms with Crippen LogP contribution in [-0.2, 0) is 9.53 Å². The van der Waals surface area contributed by atoms with E-state index in [1.165, 1.54) is 30.0 Å². The lowest BCUT2D eigenvalue weighted by molar-refractivity contribution is -0.136. The van der Waals surface area contributed by atoms with Crippen molar-refractivity contribution in [3.05, 3.63) is 84.8 Å². The molecule has 0 saturated heterocycles. The van der Waals surface area contributed by atoms with Gasteiger partial charge in [-0.05, 0) is 24.3 Å². The maximum atomic E-state index is 12.0. The van der Waals surface area contributed by atoms with Gasteiger partial charge in [0.25, 0.3) is 6.23 Å². The molecule has 0 saturated carbocycles. The summed E-state index contributed by atoms with van der Waals surface area (Å²) >= 11 is 1.43. The molecule has 0 radical (unpaired) electrons. The van der Waals surface area contributed by atoms with Crippen molar-refractivity contribution in [1.29, 1.82) is 0 Å². The highest BCUT2D eigenvalue weighted by Crippen LogP contribution is 2.32. The Morgan fingerprint density at radius 3 is 2.44 bits per heavy atom. The van der Waals surface area contributed by atoms with Gasteiger partial charge in [-0.1, -0.05) is 60.3 Å². The van der Waals surface area contributed by atoms with Gasteiger partial charge in [-0.2, -0.15) is 5.01 Å². The molecule has 2 aromatic carbocycles. The Morgan fingerprint density at radius 1 is 1.00 bits per heavy atom. The van der Waals surface area contributed by atoms with Crippen molar-refractivity contribution in [2.24, 2.45) is 5.10 Å². The normalized spacial score (nSPS) is 15.5. The van der Waals surface area contributed by atoms with Crippen LogP contribution in [0.1, 0.15) is 18.9 Å². The lowest BCUT2D eigenvalue weighted by Gasteiger charge is -2.16. The Morgan fingerprint density at radius 2 is 1.75 bits per heavy atom. The summed E-state index contributed by atoms with van der Waals surface area (Å²) in [6.45, 7) is 1.44. The lowest BCUT2D eigenvalue weighted by atomic mass is 10.2. The molecule has 1 aliphatic heterocycles. The predicted molar refractivity (Wildman–Crippen MR) is 120 cm³/mol. The fourth-order valence-corrected chi connectivity index (χ4v) is 4.16. The van der Waals surface area contributed by atoms with Gasteiger partial charge in [-0.3, -0.25) is 9.36 Å². The summed E-state index contributed by atoms with van der Waals surface area (Å²) in [5, 5.41) is 15.2. The number of hydrazone groups is 1. The highest BCUT2D eigenvalue weighted by atomic mass is 32.2. The average Bonchev–Trinajstić information content (AvgIpc) is 3.58. The largest absolute Gasteiger partial charge is 0.463 e. The number of furan rings is 1. The fourth-order valence-electron chi connectivity index (χ4n) is 3.36. The Bertz CT molecular complexity index is 1240. The standard InChI is InChI=1S/C23H19N5O3S/c1-16(29)28-22(19-13-8-14-30-19)31-20(26-28)15-32-23-25-24-21(17-9-4-2-5-10-17)27(23)18-11-6-3-7-12-18/h2-14,22H,15H2,1H3/t22-/m0/s1. The second-order valence-electron chi connectivity index (χ2n) is 6.97. The third-order valence-electron chi connectivity index (χ3n) is 4.80. The van der Waals surface area contributed by atoms with Crippen molar-refractivity contribution in [3.63, 3.8) is 0 Å². The minimum atomic E-state index is -0.704. The summed E-state index contributed by atoms with van der Waals surface area (Å²) in [6, 6.07) is 23.3. The molecule has 1 aliphatic rings. The summed E-state index contributed by atoms with van der Waals surface area (Å²) < 4.78 is 13.3. The summed E-state index contributed by atoms with van der Waals surface area (Å²) in [5.74, 6) is 1.82. The minimum absolute atomic E-state index is 0.231. The zero-order valence-electron chi connectivity index (χ0n) is 17.2. The van der Waals surface area contributed by atoms with Gasteiger partial charge in [0.1, 0.15) is 0 Å². The number of para-hydroxylation sites is 1. The SMILES string of the molecule is CC(=O)N1N=C(CSc2nnc(-c3ccccc3)n2-c2ccccc2)O[C@H]1c1ccco1. The minimum Gasteiger partial charge on any atom is -0.463 e. The van der Waals surface area contributed by atoms with Crippen molar-refractivity contribution in [3.8, 4) is 17.1 Å². The van der Waals surface area contributed by atoms with Gasteiger partial charge in [-0.25, -0.2) is 0 Å². The maximum Gasteiger partial charge on any atom is 0.254 e. The number of amides is 1. The molecule has 1 atom stereocenters. The molecule has 5 rings (SSSR count). The molecule has 160 valence electrons. The van der Waals surface area contributed by atoms with E-state index in [4.69, 9.17) is 9.15 Å². The molecule has 32 heavy (non-hydrogen) atoms. The van der Waals surface area contributed by atoms with E-state index in [1.54, 1.807) is 12.1 Å². The van der Waals surface area contributed by atoms with Gasteiger partial charge in [0.2, 0.25) is 11.8 Å². The first-order valence-electron chi connectivity index (χ1n) is 9.97. The molecule has 0 unspecified atom stereocenters. The fraction of sp³-hybridized carbons (Fsp3) is 0.130. The summed E-state index contributed by atoms with van der Waals surface area (Å²) in [5.41, 5.74) is 1.91. The van der Waals surface area contributed by atoms with E-state index in [-0.39, 0.29) is 5.91 Å². The van der Waals surface area contributed by atoms with Gasteiger partial charge >= 0.3 is 0 Å². The van der Waals surface area contributed by atoms with Crippen molar-refractivity contribution < 1.29 is 13.9 Å². The van der Waals surface area contributed by atoms with Gasteiger partial charge in [0.15, 0.2) is 16.7 Å². The van der Waals surface area contributed by atoms with E-state index < -0.39 is 6.23 Å². The van der Waals surface area contributed by atoms with Crippen molar-refractivity contribution in [2.75, 3.05) is 5.75 Å². The Hall–Kier alpha value is -3.85. The van der Waals surface area contributed by atoms with Crippen LogP contribution in [0.3, 0.4) is 0 Å². The molecule has 0 bridgehead atoms. The van der Waals surface area contributed by atoms with Gasteiger partial charge in [0.05, 0.1) is 12.0 Å². The maximum absolute atomic E-state index is 12.0. The third kappa shape index (κ3) is 3.90. The van der Waals surface area contributed by atoms with Crippen LogP contribution >= 0.6 is 11.8 Å². The molecule has 0 N–H and O–H groups in total. The van der Waals surface area contributed by atoms with Crippen LogP contribution in [-0.4, -0.2) is 37.3 Å². The van der Waals surface area contributed by atoms with Crippen LogP contribution < -0.4 is 0 Å². The number of carbonyl (C=O) groups is 1. The van der Waals surface area contributed by atoms with E-state index in [9.17, 15) is 4.79 Å². The first-order valence-corrected chi connectivity index (χ1v) is 11.0. The van der Waals surface area contributed by atoms with Crippen molar-refractivity contribution >= 4 is 23.6 Å². The van der Waals surface area contributed by atoms with E-state index in [0.29, 0.717) is 22.6 Å². The number of hydrogen-bond acceptors (Lipinski definition) is 7. The number of carbonyl (C=O) groups excluding carboxylic acids is 1. The molecule has 3 heterocycles. The molecule has 1 amide bonds. The van der Waals surface area contributed by atoms with E-state index in [0.717, 1.165) is 17.1 Å². The average molecular weight is 446 g/mol. The third-order valence-corrected chi connectivity index (χ3v) is 5.72. The molecule has 9 heteroatoms. The lowest BCUT2D eigenvalue weighted by Crippen LogP contribution is -2.24. The smallest absolute Gasteiger partial charge is 0.254 e. The summed E-state index contributed by atoms with van der Waals surface area (Å²) in [6.07, 6.45) is 0.835. The zero-order chi connectivity index (χ0) is 21.9. The predicted octanol–water partition coefficient (Wildman–Crippen LogP) is 4.51. The van der Waals surface area contributed by atoms with E-state index >= 15 is 0 Å². The summed E-state index contributed by atoms with van der Waals surface area (Å²) in [4.78, 5) is 12.0. The van der Waals surface area contributed by atoms with E-state index in [2.05, 4.69) is 15.3 Å². The molecular weight excluding hydrogens is 426 g/mol. The van der Waals surface area contributed by atoms with Crippen LogP contribution in [0.4, 0.5) is 0 Å². The van der Waals surface area contributed by atoms with Gasteiger partial charge in [0, 0.05) is 18.2 Å². The summed E-state index contributed by atoms with van der Waals surface area (Å²) in [7, 11) is 0. The topological polar surface area (TPSA) is 85.8 Å². The Labute approximate surface area is 188 Å². The highest BCUT2D eigenvalue weighted by Gasteiger charge is 2.34. The second kappa shape index (κ2) is 8.72. The molecule has 8 nitrogen and oxygen atoms in total. The Kier molecular flexibility index (Phi) is 5.47. The number of benzene rings is 2. The first-order chi connectivity index (χ1) is 15.7. The number of nitrogens with zero attached hydrogens (tertiary/aromatic N) is 5. The molecule has 0 fully saturated rings. The van der Waals surface area contributed by atoms with Gasteiger partial charge < -0.3 is 9.15 Å². The van der Waals surface area contributed by atoms with Crippen molar-refractivity contribution in [1.82, 2.24) is 19.8 Å². The number of thioether (sulfide) groups is 1. The highest BCUT2D eigenvalue weighted by molar-refractivity contribution is 7.99. The first kappa shape index (κ1) is 20.1. The van der Waals surface area contributed by atoms with Crippen LogP contribution in [0.15, 0.2) is 93.7 Å². The monoisotopic (exact) mass is 445 g/mol. The van der Waals surface area contributed by atoms with Crippen LogP contribution in [0.2, 0.25) is 0 Å². The van der Waals surface area contributed by atoms with Crippen molar-refractivity contribution in [2.45, 2.75) is 18.3 Å². The number of aromatic nitrogens is 3.